The highest BCUT2D eigenvalue weighted by molar-refractivity contribution is 5.83. The number of ether oxygens (including phenoxy) is 1. The molecule has 0 aliphatic carbocycles. The van der Waals surface area contributed by atoms with Gasteiger partial charge >= 0.3 is 0 Å². The van der Waals surface area contributed by atoms with Gasteiger partial charge in [-0.1, -0.05) is 18.2 Å². The van der Waals surface area contributed by atoms with Crippen molar-refractivity contribution in [1.82, 2.24) is 30.4 Å². The highest BCUT2D eigenvalue weighted by Crippen LogP contribution is 2.17. The van der Waals surface area contributed by atoms with E-state index in [1.54, 1.807) is 7.11 Å². The van der Waals surface area contributed by atoms with Crippen molar-refractivity contribution in [1.29, 1.82) is 0 Å². The molecule has 0 atom stereocenters. The summed E-state index contributed by atoms with van der Waals surface area (Å²) in [6.07, 6.45) is 3.91. The summed E-state index contributed by atoms with van der Waals surface area (Å²) < 4.78 is 7.07. The number of hydrogen-bond donors (Lipinski definition) is 3. The molecule has 0 spiro atoms. The Labute approximate surface area is 165 Å². The van der Waals surface area contributed by atoms with Crippen molar-refractivity contribution in [2.24, 2.45) is 12.0 Å². The number of hydrogen-bond acceptors (Lipinski definition) is 4. The fraction of sp³-hybridized carbons (Fsp3) is 0.450. The Bertz CT molecular complexity index is 912. The van der Waals surface area contributed by atoms with E-state index in [0.717, 1.165) is 50.1 Å². The normalized spacial score (nSPS) is 11.9. The second-order valence-electron chi connectivity index (χ2n) is 6.70. The predicted octanol–water partition coefficient (Wildman–Crippen LogP) is 1.92. The molecule has 0 saturated heterocycles. The maximum Gasteiger partial charge on any atom is 0.191 e. The van der Waals surface area contributed by atoms with Crippen LogP contribution in [0, 0.1) is 6.92 Å². The van der Waals surface area contributed by atoms with Crippen LogP contribution < -0.4 is 10.6 Å². The number of aromatic amines is 1. The summed E-state index contributed by atoms with van der Waals surface area (Å²) in [6, 6.07) is 8.36. The Kier molecular flexibility index (Phi) is 7.02. The molecule has 8 heteroatoms. The minimum atomic E-state index is 0.476. The number of aliphatic imine (C=N–C) groups is 1. The van der Waals surface area contributed by atoms with Gasteiger partial charge in [-0.05, 0) is 31.4 Å². The molecule has 0 amide bonds. The summed E-state index contributed by atoms with van der Waals surface area (Å²) in [5, 5.41) is 16.3. The second kappa shape index (κ2) is 9.89. The Balaban J connectivity index is 1.59. The third-order valence-electron chi connectivity index (χ3n) is 4.74. The SMILES string of the molecule is COCCCNC(=NCc1nnc(C)n1C)NCCc1c[nH]c2ccccc12. The molecule has 28 heavy (non-hydrogen) atoms. The van der Waals surface area contributed by atoms with Crippen molar-refractivity contribution in [3.05, 3.63) is 47.7 Å². The van der Waals surface area contributed by atoms with Gasteiger partial charge in [0, 0.05) is 51.0 Å². The first kappa shape index (κ1) is 19.9. The maximum atomic E-state index is 5.12. The lowest BCUT2D eigenvalue weighted by molar-refractivity contribution is 0.195. The van der Waals surface area contributed by atoms with Crippen LogP contribution in [0.25, 0.3) is 10.9 Å². The van der Waals surface area contributed by atoms with Crippen LogP contribution in [0.1, 0.15) is 23.6 Å². The van der Waals surface area contributed by atoms with Crippen LogP contribution >= 0.6 is 0 Å². The summed E-state index contributed by atoms with van der Waals surface area (Å²) in [6.45, 7) is 4.71. The molecule has 0 unspecified atom stereocenters. The monoisotopic (exact) mass is 383 g/mol. The fourth-order valence-corrected chi connectivity index (χ4v) is 2.99. The molecular formula is C20H29N7O. The zero-order valence-corrected chi connectivity index (χ0v) is 16.8. The van der Waals surface area contributed by atoms with Crippen LogP contribution in [0.5, 0.6) is 0 Å². The third-order valence-corrected chi connectivity index (χ3v) is 4.74. The molecule has 0 radical (unpaired) electrons. The number of aryl methyl sites for hydroxylation is 1. The van der Waals surface area contributed by atoms with E-state index in [9.17, 15) is 0 Å². The van der Waals surface area contributed by atoms with Crippen LogP contribution in [-0.2, 0) is 24.8 Å². The van der Waals surface area contributed by atoms with Crippen LogP contribution in [0.4, 0.5) is 0 Å². The number of nitrogens with one attached hydrogen (secondary N) is 3. The lowest BCUT2D eigenvalue weighted by atomic mass is 10.1. The van der Waals surface area contributed by atoms with Gasteiger partial charge in [-0.2, -0.15) is 0 Å². The van der Waals surface area contributed by atoms with Crippen LogP contribution in [0.2, 0.25) is 0 Å². The maximum absolute atomic E-state index is 5.12. The van der Waals surface area contributed by atoms with Crippen molar-refractivity contribution in [2.75, 3.05) is 26.8 Å². The molecule has 0 saturated carbocycles. The van der Waals surface area contributed by atoms with E-state index in [0.29, 0.717) is 6.54 Å². The van der Waals surface area contributed by atoms with Crippen molar-refractivity contribution < 1.29 is 4.74 Å². The molecule has 3 N–H and O–H groups in total. The van der Waals surface area contributed by atoms with Crippen molar-refractivity contribution in [2.45, 2.75) is 26.3 Å². The number of aromatic nitrogens is 4. The zero-order valence-electron chi connectivity index (χ0n) is 16.8. The summed E-state index contributed by atoms with van der Waals surface area (Å²) in [7, 11) is 3.67. The molecule has 150 valence electrons. The van der Waals surface area contributed by atoms with E-state index in [2.05, 4.69) is 55.2 Å². The number of nitrogens with zero attached hydrogens (tertiary/aromatic N) is 4. The first-order chi connectivity index (χ1) is 13.7. The van der Waals surface area contributed by atoms with Crippen molar-refractivity contribution in [3.63, 3.8) is 0 Å². The first-order valence-corrected chi connectivity index (χ1v) is 9.60. The summed E-state index contributed by atoms with van der Waals surface area (Å²) in [4.78, 5) is 7.99. The number of H-pyrrole nitrogens is 1. The van der Waals surface area contributed by atoms with Gasteiger partial charge in [-0.15, -0.1) is 10.2 Å². The molecule has 3 aromatic rings. The molecule has 0 bridgehead atoms. The molecular weight excluding hydrogens is 354 g/mol. The van der Waals surface area contributed by atoms with Gasteiger partial charge < -0.3 is 24.9 Å². The average Bonchev–Trinajstić information content (AvgIpc) is 3.26. The van der Waals surface area contributed by atoms with Gasteiger partial charge in [0.1, 0.15) is 12.4 Å². The second-order valence-corrected chi connectivity index (χ2v) is 6.70. The van der Waals surface area contributed by atoms with Gasteiger partial charge in [-0.25, -0.2) is 4.99 Å². The molecule has 1 aromatic carbocycles. The van der Waals surface area contributed by atoms with Crippen LogP contribution in [-0.4, -0.2) is 52.5 Å². The van der Waals surface area contributed by atoms with Crippen molar-refractivity contribution >= 4 is 16.9 Å². The van der Waals surface area contributed by atoms with Crippen LogP contribution in [0.3, 0.4) is 0 Å². The van der Waals surface area contributed by atoms with E-state index in [4.69, 9.17) is 4.74 Å². The highest BCUT2D eigenvalue weighted by Gasteiger charge is 2.06. The molecule has 8 nitrogen and oxygen atoms in total. The molecule has 0 fully saturated rings. The Morgan fingerprint density at radius 1 is 1.21 bits per heavy atom. The molecule has 0 aliphatic rings. The largest absolute Gasteiger partial charge is 0.385 e. The van der Waals surface area contributed by atoms with Gasteiger partial charge in [0.2, 0.25) is 0 Å². The van der Waals surface area contributed by atoms with Gasteiger partial charge in [-0.3, -0.25) is 0 Å². The fourth-order valence-electron chi connectivity index (χ4n) is 2.99. The number of methoxy groups -OCH3 is 1. The Morgan fingerprint density at radius 3 is 2.82 bits per heavy atom. The summed E-state index contributed by atoms with van der Waals surface area (Å²) in [5.74, 6) is 2.50. The number of para-hydroxylation sites is 1. The topological polar surface area (TPSA) is 92.2 Å². The molecule has 2 heterocycles. The zero-order chi connectivity index (χ0) is 19.8. The lowest BCUT2D eigenvalue weighted by Gasteiger charge is -2.12. The number of rotatable bonds is 9. The smallest absolute Gasteiger partial charge is 0.191 e. The summed E-state index contributed by atoms with van der Waals surface area (Å²) >= 11 is 0. The minimum absolute atomic E-state index is 0.476. The molecule has 3 rings (SSSR count). The minimum Gasteiger partial charge on any atom is -0.385 e. The number of benzene rings is 1. The van der Waals surface area contributed by atoms with Gasteiger partial charge in [0.05, 0.1) is 0 Å². The predicted molar refractivity (Wildman–Crippen MR) is 111 cm³/mol. The molecule has 0 aliphatic heterocycles. The first-order valence-electron chi connectivity index (χ1n) is 9.60. The van der Waals surface area contributed by atoms with Gasteiger partial charge in [0.15, 0.2) is 11.8 Å². The van der Waals surface area contributed by atoms with E-state index in [1.165, 1.54) is 16.5 Å². The average molecular weight is 384 g/mol. The molecule has 2 aromatic heterocycles. The van der Waals surface area contributed by atoms with E-state index < -0.39 is 0 Å². The van der Waals surface area contributed by atoms with Gasteiger partial charge in [0.25, 0.3) is 0 Å². The Hall–Kier alpha value is -2.87. The number of fused-ring (bicyclic) bond motifs is 1. The van der Waals surface area contributed by atoms with Crippen molar-refractivity contribution in [3.8, 4) is 0 Å². The lowest BCUT2D eigenvalue weighted by Crippen LogP contribution is -2.39. The third kappa shape index (κ3) is 5.10. The van der Waals surface area contributed by atoms with E-state index >= 15 is 0 Å². The quantitative estimate of drug-likeness (QED) is 0.298. The van der Waals surface area contributed by atoms with E-state index in [-0.39, 0.29) is 0 Å². The standard InChI is InChI=1S/C20H29N7O/c1-15-25-26-19(27(15)2)14-24-20(21-10-6-12-28-3)22-11-9-16-13-23-18-8-5-4-7-17(16)18/h4-5,7-8,13,23H,6,9-12,14H2,1-3H3,(H2,21,22,24). The summed E-state index contributed by atoms with van der Waals surface area (Å²) in [5.41, 5.74) is 2.47. The van der Waals surface area contributed by atoms with E-state index in [1.807, 2.05) is 24.6 Å². The Morgan fingerprint density at radius 2 is 2.04 bits per heavy atom. The highest BCUT2D eigenvalue weighted by atomic mass is 16.5. The number of guanidine groups is 1. The van der Waals surface area contributed by atoms with Crippen LogP contribution in [0.15, 0.2) is 35.5 Å².